The predicted molar refractivity (Wildman–Crippen MR) is 157 cm³/mol. The van der Waals surface area contributed by atoms with Gasteiger partial charge in [-0.2, -0.15) is 4.98 Å². The second-order valence-electron chi connectivity index (χ2n) is 10.3. The van der Waals surface area contributed by atoms with Crippen LogP contribution in [0.4, 0.5) is 5.82 Å². The molecule has 0 unspecified atom stereocenters. The topological polar surface area (TPSA) is 66.7 Å². The van der Waals surface area contributed by atoms with Gasteiger partial charge in [-0.15, -0.1) is 0 Å². The fourth-order valence-electron chi connectivity index (χ4n) is 4.18. The van der Waals surface area contributed by atoms with Gasteiger partial charge in [0.15, 0.2) is 0 Å². The standard InChI is InChI=1S/C32H43N5O/c1-25(2)12-9-13-26(3)14-10-15-27(4)16-11-17-28(5)20-21-37-24-35-31-30(37)32(34-23-33-31)36-38-22-29-18-7-6-8-19-29/h6-8,12,14,16,18-20,23-24H,9-11,13,15,17,21-22H2,1-5H3,(H,33,34,36)/p+1/b26-14+,27-16+,28-20+. The van der Waals surface area contributed by atoms with Crippen molar-refractivity contribution in [2.45, 2.75) is 86.3 Å². The molecular weight excluding hydrogens is 470 g/mol. The van der Waals surface area contributed by atoms with Crippen LogP contribution in [0.5, 0.6) is 0 Å². The molecule has 2 aromatic heterocycles. The molecule has 0 bridgehead atoms. The largest absolute Gasteiger partial charge is 0.271 e. The summed E-state index contributed by atoms with van der Waals surface area (Å²) in [4.78, 5) is 17.7. The van der Waals surface area contributed by atoms with Gasteiger partial charge in [-0.25, -0.2) is 20.0 Å². The average Bonchev–Trinajstić information content (AvgIpc) is 3.32. The lowest BCUT2D eigenvalue weighted by atomic mass is 10.0. The summed E-state index contributed by atoms with van der Waals surface area (Å²) >= 11 is 0. The first-order valence-electron chi connectivity index (χ1n) is 13.7. The molecule has 6 heteroatoms. The van der Waals surface area contributed by atoms with E-state index in [1.54, 1.807) is 0 Å². The molecule has 2 N–H and O–H groups in total. The van der Waals surface area contributed by atoms with Gasteiger partial charge in [-0.05, 0) is 84.8 Å². The van der Waals surface area contributed by atoms with Gasteiger partial charge >= 0.3 is 0 Å². The van der Waals surface area contributed by atoms with Crippen LogP contribution in [0.2, 0.25) is 0 Å². The highest BCUT2D eigenvalue weighted by molar-refractivity contribution is 5.78. The van der Waals surface area contributed by atoms with E-state index in [1.165, 1.54) is 28.6 Å². The zero-order chi connectivity index (χ0) is 27.2. The van der Waals surface area contributed by atoms with Crippen LogP contribution in [-0.2, 0) is 18.0 Å². The number of H-pyrrole nitrogens is 1. The lowest BCUT2D eigenvalue weighted by Gasteiger charge is -2.06. The van der Waals surface area contributed by atoms with Crippen LogP contribution in [0, 0.1) is 0 Å². The van der Waals surface area contributed by atoms with E-state index in [0.29, 0.717) is 12.4 Å². The molecule has 0 saturated heterocycles. The van der Waals surface area contributed by atoms with E-state index in [2.05, 4.69) is 83.9 Å². The van der Waals surface area contributed by atoms with Gasteiger partial charge in [0.25, 0.3) is 5.65 Å². The third-order valence-electron chi connectivity index (χ3n) is 6.51. The fourth-order valence-corrected chi connectivity index (χ4v) is 4.18. The first-order valence-corrected chi connectivity index (χ1v) is 13.7. The number of imidazole rings is 1. The van der Waals surface area contributed by atoms with Crippen molar-refractivity contribution in [2.75, 3.05) is 5.48 Å². The molecule has 0 spiro atoms. The number of benzene rings is 1. The van der Waals surface area contributed by atoms with Gasteiger partial charge in [0, 0.05) is 0 Å². The molecule has 0 amide bonds. The molecule has 6 nitrogen and oxygen atoms in total. The maximum absolute atomic E-state index is 5.71. The van der Waals surface area contributed by atoms with Crippen LogP contribution in [0.25, 0.3) is 11.2 Å². The first-order chi connectivity index (χ1) is 18.4. The molecule has 0 atom stereocenters. The molecule has 202 valence electrons. The third kappa shape index (κ3) is 10.1. The molecule has 2 heterocycles. The maximum atomic E-state index is 5.71. The van der Waals surface area contributed by atoms with Crippen LogP contribution in [0.15, 0.2) is 89.6 Å². The molecule has 0 fully saturated rings. The second kappa shape index (κ2) is 15.7. The monoisotopic (exact) mass is 514 g/mol. The Labute approximate surface area is 228 Å². The molecule has 0 radical (unpaired) electrons. The average molecular weight is 515 g/mol. The fraction of sp³-hybridized carbons (Fsp3) is 0.406. The molecule has 0 aliphatic carbocycles. The highest BCUT2D eigenvalue weighted by Gasteiger charge is 2.16. The summed E-state index contributed by atoms with van der Waals surface area (Å²) < 4.78 is 2.11. The number of anilines is 1. The maximum Gasteiger partial charge on any atom is 0.271 e. The van der Waals surface area contributed by atoms with E-state index < -0.39 is 0 Å². The summed E-state index contributed by atoms with van der Waals surface area (Å²) in [6.45, 7) is 12.2. The van der Waals surface area contributed by atoms with Crippen molar-refractivity contribution in [3.63, 3.8) is 0 Å². The molecule has 0 aliphatic heterocycles. The number of hydrogen-bond acceptors (Lipinski definition) is 4. The van der Waals surface area contributed by atoms with Gasteiger partial charge in [-0.3, -0.25) is 4.84 Å². The molecule has 0 saturated carbocycles. The van der Waals surface area contributed by atoms with Gasteiger partial charge in [-0.1, -0.05) is 70.9 Å². The Morgan fingerprint density at radius 3 is 2.13 bits per heavy atom. The normalized spacial score (nSPS) is 12.7. The molecule has 38 heavy (non-hydrogen) atoms. The number of nitrogens with one attached hydrogen (secondary N) is 2. The van der Waals surface area contributed by atoms with Crippen molar-refractivity contribution in [3.05, 3.63) is 95.1 Å². The van der Waals surface area contributed by atoms with Gasteiger partial charge in [0.2, 0.25) is 17.7 Å². The minimum Gasteiger partial charge on any atom is -0.270 e. The first kappa shape index (κ1) is 29.1. The molecule has 0 aliphatic rings. The van der Waals surface area contributed by atoms with Crippen molar-refractivity contribution in [1.29, 1.82) is 0 Å². The summed E-state index contributed by atoms with van der Waals surface area (Å²) in [7, 11) is 0. The highest BCUT2D eigenvalue weighted by atomic mass is 16.6. The third-order valence-corrected chi connectivity index (χ3v) is 6.51. The van der Waals surface area contributed by atoms with E-state index in [9.17, 15) is 0 Å². The Morgan fingerprint density at radius 1 is 0.842 bits per heavy atom. The Hall–Kier alpha value is -3.51. The SMILES string of the molecule is CC(C)=CCC/C(C)=C/CC/C(C)=C/CC/C(C)=C/C[n+]1c[nH]c2ncnc(NOCc3ccccc3)c21. The minimum atomic E-state index is 0.453. The summed E-state index contributed by atoms with van der Waals surface area (Å²) in [5, 5.41) is 0. The molecule has 3 rings (SSSR count). The van der Waals surface area contributed by atoms with E-state index in [0.717, 1.165) is 61.8 Å². The van der Waals surface area contributed by atoms with Crippen LogP contribution in [0.3, 0.4) is 0 Å². The van der Waals surface area contributed by atoms with Crippen LogP contribution >= 0.6 is 0 Å². The Bertz CT molecular complexity index is 1260. The molecular formula is C32H44N5O+. The van der Waals surface area contributed by atoms with Crippen LogP contribution < -0.4 is 10.0 Å². The quantitative estimate of drug-likeness (QED) is 0.123. The zero-order valence-corrected chi connectivity index (χ0v) is 23.8. The number of hydrogen-bond donors (Lipinski definition) is 2. The predicted octanol–water partition coefficient (Wildman–Crippen LogP) is 7.93. The lowest BCUT2D eigenvalue weighted by Crippen LogP contribution is -2.32. The van der Waals surface area contributed by atoms with E-state index in [4.69, 9.17) is 4.84 Å². The number of nitrogens with zero attached hydrogens (tertiary/aromatic N) is 3. The zero-order valence-electron chi connectivity index (χ0n) is 23.8. The smallest absolute Gasteiger partial charge is 0.270 e. The van der Waals surface area contributed by atoms with Gasteiger partial charge in [0.05, 0.1) is 6.61 Å². The summed E-state index contributed by atoms with van der Waals surface area (Å²) in [5.41, 5.74) is 11.5. The van der Waals surface area contributed by atoms with Gasteiger partial charge in [0.1, 0.15) is 12.9 Å². The van der Waals surface area contributed by atoms with Crippen LogP contribution in [0.1, 0.15) is 78.7 Å². The van der Waals surface area contributed by atoms with Crippen molar-refractivity contribution < 1.29 is 9.40 Å². The van der Waals surface area contributed by atoms with Gasteiger partial charge < -0.3 is 0 Å². The van der Waals surface area contributed by atoms with E-state index >= 15 is 0 Å². The summed E-state index contributed by atoms with van der Waals surface area (Å²) in [6, 6.07) is 10.1. The van der Waals surface area contributed by atoms with E-state index in [1.807, 2.05) is 36.7 Å². The number of allylic oxidation sites excluding steroid dienone is 8. The number of aromatic nitrogens is 4. The lowest BCUT2D eigenvalue weighted by molar-refractivity contribution is -0.660. The Kier molecular flexibility index (Phi) is 12.0. The summed E-state index contributed by atoms with van der Waals surface area (Å²) in [6.07, 6.45) is 19.6. The number of fused-ring (bicyclic) bond motifs is 1. The molecule has 3 aromatic rings. The molecule has 1 aromatic carbocycles. The van der Waals surface area contributed by atoms with Crippen LogP contribution in [-0.4, -0.2) is 15.0 Å². The summed E-state index contributed by atoms with van der Waals surface area (Å²) in [5.74, 6) is 0.651. The van der Waals surface area contributed by atoms with Crippen molar-refractivity contribution in [2.24, 2.45) is 0 Å². The number of aromatic amines is 1. The van der Waals surface area contributed by atoms with E-state index in [-0.39, 0.29) is 0 Å². The highest BCUT2D eigenvalue weighted by Crippen LogP contribution is 2.16. The Balaban J connectivity index is 1.47. The van der Waals surface area contributed by atoms with Crippen molar-refractivity contribution in [1.82, 2.24) is 15.0 Å². The second-order valence-corrected chi connectivity index (χ2v) is 10.3. The number of rotatable bonds is 15. The Morgan fingerprint density at radius 2 is 1.47 bits per heavy atom. The minimum absolute atomic E-state index is 0.453. The van der Waals surface area contributed by atoms with Crippen molar-refractivity contribution in [3.8, 4) is 0 Å². The van der Waals surface area contributed by atoms with Crippen molar-refractivity contribution >= 4 is 17.0 Å².